The predicted molar refractivity (Wildman–Crippen MR) is 80.2 cm³/mol. The van der Waals surface area contributed by atoms with E-state index in [0.717, 1.165) is 5.56 Å². The molecule has 0 atom stereocenters. The molecule has 1 N–H and O–H groups in total. The lowest BCUT2D eigenvalue weighted by Gasteiger charge is -2.08. The van der Waals surface area contributed by atoms with Gasteiger partial charge in [-0.1, -0.05) is 29.3 Å². The van der Waals surface area contributed by atoms with E-state index in [-0.39, 0.29) is 12.7 Å². The number of benzene rings is 2. The van der Waals surface area contributed by atoms with Crippen LogP contribution in [0, 0.1) is 0 Å². The Labute approximate surface area is 131 Å². The van der Waals surface area contributed by atoms with Gasteiger partial charge >= 0.3 is 0 Å². The number of ether oxygens (including phenoxy) is 2. The fourth-order valence-electron chi connectivity index (χ4n) is 2.00. The Morgan fingerprint density at radius 2 is 1.90 bits per heavy atom. The van der Waals surface area contributed by atoms with Gasteiger partial charge in [-0.25, -0.2) is 0 Å². The molecule has 2 aromatic carbocycles. The van der Waals surface area contributed by atoms with E-state index >= 15 is 0 Å². The minimum absolute atomic E-state index is 0.228. The van der Waals surface area contributed by atoms with Gasteiger partial charge in [0.1, 0.15) is 0 Å². The summed E-state index contributed by atoms with van der Waals surface area (Å²) in [7, 11) is 0. The Morgan fingerprint density at radius 3 is 2.71 bits per heavy atom. The lowest BCUT2D eigenvalue weighted by atomic mass is 10.1. The van der Waals surface area contributed by atoms with E-state index < -0.39 is 0 Å². The molecule has 0 fully saturated rings. The van der Waals surface area contributed by atoms with Crippen LogP contribution in [-0.4, -0.2) is 12.7 Å². The molecule has 0 saturated heterocycles. The van der Waals surface area contributed by atoms with Crippen LogP contribution in [0.1, 0.15) is 15.9 Å². The van der Waals surface area contributed by atoms with Crippen molar-refractivity contribution in [1.82, 2.24) is 5.32 Å². The highest BCUT2D eigenvalue weighted by molar-refractivity contribution is 6.36. The van der Waals surface area contributed by atoms with E-state index in [0.29, 0.717) is 33.7 Å². The first-order chi connectivity index (χ1) is 10.1. The molecule has 4 nitrogen and oxygen atoms in total. The molecule has 21 heavy (non-hydrogen) atoms. The van der Waals surface area contributed by atoms with Crippen LogP contribution in [-0.2, 0) is 6.54 Å². The van der Waals surface area contributed by atoms with E-state index in [2.05, 4.69) is 5.32 Å². The lowest BCUT2D eigenvalue weighted by molar-refractivity contribution is 0.0951. The molecule has 0 radical (unpaired) electrons. The average molecular weight is 324 g/mol. The molecule has 1 amide bonds. The molecular weight excluding hydrogens is 313 g/mol. The van der Waals surface area contributed by atoms with Gasteiger partial charge in [-0.3, -0.25) is 4.79 Å². The first-order valence-electron chi connectivity index (χ1n) is 6.25. The SMILES string of the molecule is O=C(NCc1ccc2c(c1)OCO2)c1ccc(Cl)cc1Cl. The zero-order valence-electron chi connectivity index (χ0n) is 10.9. The van der Waals surface area contributed by atoms with Crippen LogP contribution >= 0.6 is 23.2 Å². The molecule has 2 aromatic rings. The van der Waals surface area contributed by atoms with E-state index in [9.17, 15) is 4.79 Å². The molecule has 0 bridgehead atoms. The Balaban J connectivity index is 1.68. The van der Waals surface area contributed by atoms with Gasteiger partial charge in [0.15, 0.2) is 11.5 Å². The second kappa shape index (κ2) is 5.84. The quantitative estimate of drug-likeness (QED) is 0.937. The summed E-state index contributed by atoms with van der Waals surface area (Å²) in [6.45, 7) is 0.597. The zero-order valence-corrected chi connectivity index (χ0v) is 12.4. The Kier molecular flexibility index (Phi) is 3.90. The molecular formula is C15H11Cl2NO3. The highest BCUT2D eigenvalue weighted by Crippen LogP contribution is 2.32. The summed E-state index contributed by atoms with van der Waals surface area (Å²) < 4.78 is 10.5. The molecule has 108 valence electrons. The van der Waals surface area contributed by atoms with E-state index in [1.807, 2.05) is 18.2 Å². The van der Waals surface area contributed by atoms with E-state index in [1.54, 1.807) is 18.2 Å². The number of hydrogen-bond donors (Lipinski definition) is 1. The number of amides is 1. The van der Waals surface area contributed by atoms with Crippen molar-refractivity contribution < 1.29 is 14.3 Å². The van der Waals surface area contributed by atoms with Gasteiger partial charge in [0, 0.05) is 11.6 Å². The fraction of sp³-hybridized carbons (Fsp3) is 0.133. The van der Waals surface area contributed by atoms with Crippen molar-refractivity contribution in [3.63, 3.8) is 0 Å². The Morgan fingerprint density at radius 1 is 1.10 bits per heavy atom. The summed E-state index contributed by atoms with van der Waals surface area (Å²) >= 11 is 11.8. The number of rotatable bonds is 3. The standard InChI is InChI=1S/C15H11Cl2NO3/c16-10-2-3-11(12(17)6-10)15(19)18-7-9-1-4-13-14(5-9)21-8-20-13/h1-6H,7-8H2,(H,18,19). The number of carbonyl (C=O) groups excluding carboxylic acids is 1. The van der Waals surface area contributed by atoms with E-state index in [4.69, 9.17) is 32.7 Å². The summed E-state index contributed by atoms with van der Waals surface area (Å²) in [6.07, 6.45) is 0. The molecule has 1 aliphatic heterocycles. The maximum atomic E-state index is 12.1. The van der Waals surface area contributed by atoms with Crippen LogP contribution < -0.4 is 14.8 Å². The predicted octanol–water partition coefficient (Wildman–Crippen LogP) is 3.65. The van der Waals surface area contributed by atoms with Crippen LogP contribution in [0.15, 0.2) is 36.4 Å². The third-order valence-corrected chi connectivity index (χ3v) is 3.61. The molecule has 6 heteroatoms. The first kappa shape index (κ1) is 14.0. The lowest BCUT2D eigenvalue weighted by Crippen LogP contribution is -2.23. The second-order valence-electron chi connectivity index (χ2n) is 4.49. The van der Waals surface area contributed by atoms with Crippen LogP contribution in [0.2, 0.25) is 10.0 Å². The third kappa shape index (κ3) is 3.06. The molecule has 0 aromatic heterocycles. The largest absolute Gasteiger partial charge is 0.454 e. The van der Waals surface area contributed by atoms with Gasteiger partial charge in [-0.05, 0) is 35.9 Å². The van der Waals surface area contributed by atoms with Crippen molar-refractivity contribution in [2.24, 2.45) is 0 Å². The van der Waals surface area contributed by atoms with Crippen LogP contribution in [0.3, 0.4) is 0 Å². The molecule has 0 aliphatic carbocycles. The number of halogens is 2. The molecule has 1 heterocycles. The van der Waals surface area contributed by atoms with E-state index in [1.165, 1.54) is 0 Å². The van der Waals surface area contributed by atoms with Gasteiger partial charge in [0.05, 0.1) is 10.6 Å². The van der Waals surface area contributed by atoms with Gasteiger partial charge < -0.3 is 14.8 Å². The average Bonchev–Trinajstić information content (AvgIpc) is 2.92. The summed E-state index contributed by atoms with van der Waals surface area (Å²) in [5.74, 6) is 1.14. The van der Waals surface area contributed by atoms with Crippen molar-refractivity contribution in [3.8, 4) is 11.5 Å². The van der Waals surface area contributed by atoms with Gasteiger partial charge in [0.25, 0.3) is 5.91 Å². The first-order valence-corrected chi connectivity index (χ1v) is 7.01. The summed E-state index contributed by atoms with van der Waals surface area (Å²) in [6, 6.07) is 10.3. The third-order valence-electron chi connectivity index (χ3n) is 3.07. The van der Waals surface area contributed by atoms with Crippen molar-refractivity contribution in [2.45, 2.75) is 6.54 Å². The monoisotopic (exact) mass is 323 g/mol. The second-order valence-corrected chi connectivity index (χ2v) is 5.34. The molecule has 1 aliphatic rings. The molecule has 0 unspecified atom stereocenters. The smallest absolute Gasteiger partial charge is 0.253 e. The minimum atomic E-state index is -0.255. The van der Waals surface area contributed by atoms with Crippen molar-refractivity contribution >= 4 is 29.1 Å². The molecule has 3 rings (SSSR count). The topological polar surface area (TPSA) is 47.6 Å². The normalized spacial score (nSPS) is 12.3. The zero-order chi connectivity index (χ0) is 14.8. The Bertz CT molecular complexity index is 703. The van der Waals surface area contributed by atoms with Gasteiger partial charge in [-0.2, -0.15) is 0 Å². The highest BCUT2D eigenvalue weighted by Gasteiger charge is 2.14. The number of fused-ring (bicyclic) bond motifs is 1. The number of nitrogens with one attached hydrogen (secondary N) is 1. The molecule has 0 spiro atoms. The van der Waals surface area contributed by atoms with Gasteiger partial charge in [-0.15, -0.1) is 0 Å². The van der Waals surface area contributed by atoms with Crippen molar-refractivity contribution in [1.29, 1.82) is 0 Å². The van der Waals surface area contributed by atoms with Crippen LogP contribution in [0.25, 0.3) is 0 Å². The van der Waals surface area contributed by atoms with Crippen molar-refractivity contribution in [3.05, 3.63) is 57.6 Å². The highest BCUT2D eigenvalue weighted by atomic mass is 35.5. The fourth-order valence-corrected chi connectivity index (χ4v) is 2.50. The van der Waals surface area contributed by atoms with Crippen LogP contribution in [0.4, 0.5) is 0 Å². The number of hydrogen-bond acceptors (Lipinski definition) is 3. The summed E-state index contributed by atoms with van der Waals surface area (Å²) in [5.41, 5.74) is 1.31. The van der Waals surface area contributed by atoms with Gasteiger partial charge in [0.2, 0.25) is 6.79 Å². The summed E-state index contributed by atoms with van der Waals surface area (Å²) in [4.78, 5) is 12.1. The Hall–Kier alpha value is -1.91. The maximum Gasteiger partial charge on any atom is 0.253 e. The number of carbonyl (C=O) groups is 1. The van der Waals surface area contributed by atoms with Crippen molar-refractivity contribution in [2.75, 3.05) is 6.79 Å². The van der Waals surface area contributed by atoms with Crippen LogP contribution in [0.5, 0.6) is 11.5 Å². The summed E-state index contributed by atoms with van der Waals surface area (Å²) in [5, 5.41) is 3.62. The molecule has 0 saturated carbocycles. The minimum Gasteiger partial charge on any atom is -0.454 e. The maximum absolute atomic E-state index is 12.1.